The van der Waals surface area contributed by atoms with Crippen LogP contribution in [0, 0.1) is 5.82 Å². The SMILES string of the molecule is CC(C)n1nnnc1COc1ccc(C(=O)N2CCN(Cc3ccccc3F)CC2)cc1. The number of hydrogen-bond donors (Lipinski definition) is 0. The summed E-state index contributed by atoms with van der Waals surface area (Å²) in [5.74, 6) is 1.10. The summed E-state index contributed by atoms with van der Waals surface area (Å²) in [6.07, 6.45) is 0. The van der Waals surface area contributed by atoms with E-state index in [0.717, 1.165) is 0 Å². The summed E-state index contributed by atoms with van der Waals surface area (Å²) in [6.45, 7) is 7.47. The average Bonchev–Trinajstić information content (AvgIpc) is 3.29. The van der Waals surface area contributed by atoms with Crippen molar-refractivity contribution in [3.63, 3.8) is 0 Å². The smallest absolute Gasteiger partial charge is 0.253 e. The highest BCUT2D eigenvalue weighted by molar-refractivity contribution is 5.94. The molecule has 3 aromatic rings. The zero-order valence-electron chi connectivity index (χ0n) is 18.3. The Balaban J connectivity index is 1.28. The van der Waals surface area contributed by atoms with E-state index in [9.17, 15) is 9.18 Å². The maximum Gasteiger partial charge on any atom is 0.253 e. The van der Waals surface area contributed by atoms with E-state index in [-0.39, 0.29) is 24.4 Å². The van der Waals surface area contributed by atoms with E-state index in [1.807, 2.05) is 24.8 Å². The third-order valence-electron chi connectivity index (χ3n) is 5.53. The minimum Gasteiger partial charge on any atom is -0.486 e. The Kier molecular flexibility index (Phi) is 6.75. The molecule has 2 heterocycles. The van der Waals surface area contributed by atoms with E-state index < -0.39 is 0 Å². The number of rotatable bonds is 7. The topological polar surface area (TPSA) is 76.4 Å². The number of aromatic nitrogens is 4. The number of ether oxygens (including phenoxy) is 1. The predicted molar refractivity (Wildman–Crippen MR) is 117 cm³/mol. The van der Waals surface area contributed by atoms with Gasteiger partial charge in [0.05, 0.1) is 6.04 Å². The minimum atomic E-state index is -0.186. The first-order valence-electron chi connectivity index (χ1n) is 10.8. The molecule has 0 atom stereocenters. The molecule has 32 heavy (non-hydrogen) atoms. The van der Waals surface area contributed by atoms with E-state index in [1.165, 1.54) is 6.07 Å². The molecule has 0 bridgehead atoms. The van der Waals surface area contributed by atoms with E-state index in [4.69, 9.17) is 4.74 Å². The van der Waals surface area contributed by atoms with Crippen LogP contribution in [0.3, 0.4) is 0 Å². The Bertz CT molecular complexity index is 1040. The highest BCUT2D eigenvalue weighted by atomic mass is 19.1. The van der Waals surface area contributed by atoms with Crippen molar-refractivity contribution in [2.45, 2.75) is 33.0 Å². The van der Waals surface area contributed by atoms with Gasteiger partial charge in [-0.1, -0.05) is 18.2 Å². The van der Waals surface area contributed by atoms with E-state index >= 15 is 0 Å². The van der Waals surface area contributed by atoms with E-state index in [0.29, 0.717) is 55.4 Å². The van der Waals surface area contributed by atoms with Crippen molar-refractivity contribution in [3.05, 3.63) is 71.3 Å². The molecule has 168 valence electrons. The van der Waals surface area contributed by atoms with Crippen molar-refractivity contribution in [1.82, 2.24) is 30.0 Å². The van der Waals surface area contributed by atoms with Crippen molar-refractivity contribution in [2.24, 2.45) is 0 Å². The number of benzene rings is 2. The summed E-state index contributed by atoms with van der Waals surface area (Å²) < 4.78 is 21.4. The summed E-state index contributed by atoms with van der Waals surface area (Å²) >= 11 is 0. The molecule has 0 spiro atoms. The maximum absolute atomic E-state index is 13.9. The molecule has 0 aliphatic carbocycles. The number of halogens is 1. The van der Waals surface area contributed by atoms with Crippen LogP contribution in [0.4, 0.5) is 4.39 Å². The third kappa shape index (κ3) is 5.11. The number of tetrazole rings is 1. The molecule has 4 rings (SSSR count). The number of carbonyl (C=O) groups excluding carboxylic acids is 1. The lowest BCUT2D eigenvalue weighted by Crippen LogP contribution is -2.48. The first kappa shape index (κ1) is 21.9. The minimum absolute atomic E-state index is 0.00848. The first-order chi connectivity index (χ1) is 15.5. The van der Waals surface area contributed by atoms with Gasteiger partial charge in [0.2, 0.25) is 0 Å². The lowest BCUT2D eigenvalue weighted by molar-refractivity contribution is 0.0627. The van der Waals surface area contributed by atoms with Gasteiger partial charge in [-0.2, -0.15) is 0 Å². The molecule has 0 saturated carbocycles. The number of hydrogen-bond acceptors (Lipinski definition) is 6. The predicted octanol–water partition coefficient (Wildman–Crippen LogP) is 2.93. The molecule has 0 N–H and O–H groups in total. The summed E-state index contributed by atoms with van der Waals surface area (Å²) in [4.78, 5) is 16.9. The summed E-state index contributed by atoms with van der Waals surface area (Å²) in [6, 6.07) is 14.1. The van der Waals surface area contributed by atoms with Gasteiger partial charge in [-0.15, -0.1) is 5.10 Å². The molecular weight excluding hydrogens is 411 g/mol. The van der Waals surface area contributed by atoms with Gasteiger partial charge >= 0.3 is 0 Å². The van der Waals surface area contributed by atoms with Gasteiger partial charge in [0, 0.05) is 43.9 Å². The molecule has 1 fully saturated rings. The summed E-state index contributed by atoms with van der Waals surface area (Å²) in [7, 11) is 0. The van der Waals surface area contributed by atoms with Crippen molar-refractivity contribution < 1.29 is 13.9 Å². The van der Waals surface area contributed by atoms with Gasteiger partial charge < -0.3 is 9.64 Å². The van der Waals surface area contributed by atoms with Gasteiger partial charge in [0.15, 0.2) is 5.82 Å². The molecule has 0 radical (unpaired) electrons. The van der Waals surface area contributed by atoms with Crippen molar-refractivity contribution in [2.75, 3.05) is 26.2 Å². The Morgan fingerprint density at radius 3 is 2.47 bits per heavy atom. The monoisotopic (exact) mass is 438 g/mol. The van der Waals surface area contributed by atoms with Gasteiger partial charge in [-0.05, 0) is 54.6 Å². The van der Waals surface area contributed by atoms with Crippen LogP contribution in [-0.4, -0.2) is 62.1 Å². The van der Waals surface area contributed by atoms with Crippen LogP contribution in [0.2, 0.25) is 0 Å². The van der Waals surface area contributed by atoms with Crippen LogP contribution in [0.1, 0.15) is 41.6 Å². The lowest BCUT2D eigenvalue weighted by atomic mass is 10.1. The number of nitrogens with zero attached hydrogens (tertiary/aromatic N) is 6. The fourth-order valence-corrected chi connectivity index (χ4v) is 3.71. The second kappa shape index (κ2) is 9.86. The van der Waals surface area contributed by atoms with Crippen LogP contribution >= 0.6 is 0 Å². The molecule has 1 saturated heterocycles. The molecule has 1 aliphatic rings. The standard InChI is InChI=1S/C23H27FN6O2/c1-17(2)30-22(25-26-27-30)16-32-20-9-7-18(8-10-20)23(31)29-13-11-28(12-14-29)15-19-5-3-4-6-21(19)24/h3-10,17H,11-16H2,1-2H3. The highest BCUT2D eigenvalue weighted by Crippen LogP contribution is 2.17. The molecule has 0 unspecified atom stereocenters. The normalized spacial score (nSPS) is 14.7. The van der Waals surface area contributed by atoms with E-state index in [2.05, 4.69) is 20.4 Å². The van der Waals surface area contributed by atoms with Crippen LogP contribution in [0.5, 0.6) is 5.75 Å². The number of carbonyl (C=O) groups is 1. The molecular formula is C23H27FN6O2. The molecule has 1 aromatic heterocycles. The quantitative estimate of drug-likeness (QED) is 0.565. The molecule has 9 heteroatoms. The second-order valence-corrected chi connectivity index (χ2v) is 8.11. The Morgan fingerprint density at radius 1 is 1.06 bits per heavy atom. The first-order valence-corrected chi connectivity index (χ1v) is 10.8. The van der Waals surface area contributed by atoms with Crippen LogP contribution in [0.15, 0.2) is 48.5 Å². The van der Waals surface area contributed by atoms with Crippen molar-refractivity contribution in [3.8, 4) is 5.75 Å². The summed E-state index contributed by atoms with van der Waals surface area (Å²) in [5.41, 5.74) is 1.30. The number of amides is 1. The zero-order valence-corrected chi connectivity index (χ0v) is 18.3. The largest absolute Gasteiger partial charge is 0.486 e. The average molecular weight is 439 g/mol. The molecule has 1 aliphatic heterocycles. The summed E-state index contributed by atoms with van der Waals surface area (Å²) in [5, 5.41) is 11.6. The Labute approximate surface area is 186 Å². The second-order valence-electron chi connectivity index (χ2n) is 8.11. The lowest BCUT2D eigenvalue weighted by Gasteiger charge is -2.34. The van der Waals surface area contributed by atoms with Crippen LogP contribution < -0.4 is 4.74 Å². The van der Waals surface area contributed by atoms with Gasteiger partial charge in [0.1, 0.15) is 18.2 Å². The Morgan fingerprint density at radius 2 is 1.78 bits per heavy atom. The van der Waals surface area contributed by atoms with E-state index in [1.54, 1.807) is 41.1 Å². The highest BCUT2D eigenvalue weighted by Gasteiger charge is 2.22. The fourth-order valence-electron chi connectivity index (χ4n) is 3.71. The fraction of sp³-hybridized carbons (Fsp3) is 0.391. The van der Waals surface area contributed by atoms with Gasteiger partial charge in [-0.3, -0.25) is 9.69 Å². The van der Waals surface area contributed by atoms with Crippen LogP contribution in [0.25, 0.3) is 0 Å². The zero-order chi connectivity index (χ0) is 22.5. The van der Waals surface area contributed by atoms with Gasteiger partial charge in [0.25, 0.3) is 5.91 Å². The molecule has 2 aromatic carbocycles. The third-order valence-corrected chi connectivity index (χ3v) is 5.53. The van der Waals surface area contributed by atoms with Crippen LogP contribution in [-0.2, 0) is 13.2 Å². The van der Waals surface area contributed by atoms with Gasteiger partial charge in [-0.25, -0.2) is 9.07 Å². The van der Waals surface area contributed by atoms with Crippen molar-refractivity contribution >= 4 is 5.91 Å². The number of piperazine rings is 1. The Hall–Kier alpha value is -3.33. The molecule has 1 amide bonds. The van der Waals surface area contributed by atoms with Crippen molar-refractivity contribution in [1.29, 1.82) is 0 Å². The maximum atomic E-state index is 13.9. The molecule has 8 nitrogen and oxygen atoms in total.